The van der Waals surface area contributed by atoms with E-state index < -0.39 is 5.97 Å². The highest BCUT2D eigenvalue weighted by Gasteiger charge is 2.11. The monoisotopic (exact) mass is 340 g/mol. The molecule has 1 amide bonds. The van der Waals surface area contributed by atoms with E-state index in [2.05, 4.69) is 15.5 Å². The fourth-order valence-electron chi connectivity index (χ4n) is 1.64. The molecule has 0 atom stereocenters. The predicted octanol–water partition coefficient (Wildman–Crippen LogP) is 2.03. The van der Waals surface area contributed by atoms with E-state index in [1.807, 2.05) is 18.4 Å². The second kappa shape index (κ2) is 7.41. The highest BCUT2D eigenvalue weighted by Crippen LogP contribution is 2.19. The molecule has 0 aliphatic heterocycles. The largest absolute Gasteiger partial charge is 0.477 e. The molecule has 0 saturated heterocycles. The average Bonchev–Trinajstić information content (AvgIpc) is 3.11. The molecule has 0 aliphatic rings. The van der Waals surface area contributed by atoms with E-state index in [9.17, 15) is 9.59 Å². The van der Waals surface area contributed by atoms with E-state index >= 15 is 0 Å². The Balaban J connectivity index is 1.80. The number of aromatic nitrogens is 3. The Morgan fingerprint density at radius 3 is 2.86 bits per heavy atom. The van der Waals surface area contributed by atoms with Crippen molar-refractivity contribution in [2.24, 2.45) is 0 Å². The van der Waals surface area contributed by atoms with Crippen molar-refractivity contribution < 1.29 is 14.7 Å². The van der Waals surface area contributed by atoms with Gasteiger partial charge in [0.2, 0.25) is 5.91 Å². The first-order valence-corrected chi connectivity index (χ1v) is 8.38. The maximum absolute atomic E-state index is 11.8. The Kier molecular flexibility index (Phi) is 5.56. The molecule has 2 heterocycles. The second-order valence-corrected chi connectivity index (χ2v) is 6.86. The highest BCUT2D eigenvalue weighted by molar-refractivity contribution is 7.99. The van der Waals surface area contributed by atoms with Crippen LogP contribution in [0.3, 0.4) is 0 Å². The molecule has 2 aromatic heterocycles. The Morgan fingerprint density at radius 1 is 1.45 bits per heavy atom. The summed E-state index contributed by atoms with van der Waals surface area (Å²) in [4.78, 5) is 23.7. The molecule has 0 radical (unpaired) electrons. The topological polar surface area (TPSA) is 97.1 Å². The van der Waals surface area contributed by atoms with Crippen molar-refractivity contribution in [2.75, 3.05) is 5.75 Å². The summed E-state index contributed by atoms with van der Waals surface area (Å²) in [5, 5.41) is 20.1. The molecular weight excluding hydrogens is 324 g/mol. The lowest BCUT2D eigenvalue weighted by Gasteiger charge is -2.09. The third-order valence-corrected chi connectivity index (χ3v) is 4.79. The van der Waals surface area contributed by atoms with Gasteiger partial charge in [0.25, 0.3) is 0 Å². The Bertz CT molecular complexity index is 666. The Hall–Kier alpha value is -1.87. The number of amides is 1. The molecule has 9 heteroatoms. The van der Waals surface area contributed by atoms with Crippen molar-refractivity contribution in [1.29, 1.82) is 0 Å². The van der Waals surface area contributed by atoms with Gasteiger partial charge in [0.1, 0.15) is 11.2 Å². The number of nitrogens with one attached hydrogen (secondary N) is 1. The lowest BCUT2D eigenvalue weighted by atomic mass is 10.4. The van der Waals surface area contributed by atoms with Gasteiger partial charge in [0.15, 0.2) is 5.16 Å². The highest BCUT2D eigenvalue weighted by atomic mass is 32.2. The van der Waals surface area contributed by atoms with Gasteiger partial charge < -0.3 is 15.0 Å². The van der Waals surface area contributed by atoms with Crippen molar-refractivity contribution in [3.05, 3.63) is 28.2 Å². The zero-order valence-corrected chi connectivity index (χ0v) is 13.8. The molecule has 118 valence electrons. The van der Waals surface area contributed by atoms with Crippen LogP contribution in [0.1, 0.15) is 34.4 Å². The van der Waals surface area contributed by atoms with Gasteiger partial charge in [-0.15, -0.1) is 21.5 Å². The van der Waals surface area contributed by atoms with E-state index in [-0.39, 0.29) is 22.6 Å². The Morgan fingerprint density at radius 2 is 2.23 bits per heavy atom. The molecule has 2 N–H and O–H groups in total. The number of carboxylic acids is 1. The molecule has 0 aliphatic carbocycles. The molecular formula is C13H16N4O3S2. The van der Waals surface area contributed by atoms with Gasteiger partial charge >= 0.3 is 5.97 Å². The first-order chi connectivity index (χ1) is 10.5. The first kappa shape index (κ1) is 16.5. The maximum atomic E-state index is 11.8. The smallest absolute Gasteiger partial charge is 0.345 e. The summed E-state index contributed by atoms with van der Waals surface area (Å²) in [6.07, 6.45) is 1.64. The third-order valence-electron chi connectivity index (χ3n) is 2.76. The number of hydrogen-bond acceptors (Lipinski definition) is 6. The van der Waals surface area contributed by atoms with Gasteiger partial charge in [-0.3, -0.25) is 4.79 Å². The van der Waals surface area contributed by atoms with Gasteiger partial charge in [0.05, 0.1) is 12.3 Å². The molecule has 0 spiro atoms. The van der Waals surface area contributed by atoms with Crippen LogP contribution in [0.2, 0.25) is 0 Å². The number of carbonyl (C=O) groups is 2. The second-order valence-electron chi connectivity index (χ2n) is 4.75. The van der Waals surface area contributed by atoms with Gasteiger partial charge in [-0.2, -0.15) is 0 Å². The van der Waals surface area contributed by atoms with Crippen LogP contribution in [0.15, 0.2) is 23.6 Å². The molecule has 7 nitrogen and oxygen atoms in total. The minimum Gasteiger partial charge on any atom is -0.477 e. The predicted molar refractivity (Wildman–Crippen MR) is 84.3 cm³/mol. The number of hydrogen-bond donors (Lipinski definition) is 2. The molecule has 2 rings (SSSR count). The quantitative estimate of drug-likeness (QED) is 0.749. The third kappa shape index (κ3) is 4.31. The van der Waals surface area contributed by atoms with Gasteiger partial charge in [-0.1, -0.05) is 11.8 Å². The lowest BCUT2D eigenvalue weighted by Crippen LogP contribution is -2.24. The summed E-state index contributed by atoms with van der Waals surface area (Å²) in [5.74, 6) is -0.845. The van der Waals surface area contributed by atoms with Crippen molar-refractivity contribution in [3.63, 3.8) is 0 Å². The first-order valence-electron chi connectivity index (χ1n) is 6.58. The van der Waals surface area contributed by atoms with Crippen LogP contribution in [-0.2, 0) is 11.3 Å². The summed E-state index contributed by atoms with van der Waals surface area (Å²) in [6.45, 7) is 4.36. The van der Waals surface area contributed by atoms with E-state index in [1.165, 1.54) is 17.8 Å². The number of aromatic carboxylic acids is 1. The molecule has 0 unspecified atom stereocenters. The molecule has 0 saturated carbocycles. The van der Waals surface area contributed by atoms with Crippen LogP contribution >= 0.6 is 23.1 Å². The molecule has 0 fully saturated rings. The number of thioether (sulfide) groups is 1. The summed E-state index contributed by atoms with van der Waals surface area (Å²) in [5.41, 5.74) is 0. The van der Waals surface area contributed by atoms with Crippen LogP contribution in [0.5, 0.6) is 0 Å². The number of rotatable bonds is 7. The van der Waals surface area contributed by atoms with Crippen LogP contribution in [0, 0.1) is 0 Å². The van der Waals surface area contributed by atoms with Crippen molar-refractivity contribution in [3.8, 4) is 0 Å². The van der Waals surface area contributed by atoms with Crippen LogP contribution in [0.4, 0.5) is 0 Å². The van der Waals surface area contributed by atoms with Gasteiger partial charge in [0, 0.05) is 10.9 Å². The maximum Gasteiger partial charge on any atom is 0.345 e. The number of thiophene rings is 1. The fourth-order valence-corrected chi connectivity index (χ4v) is 3.30. The standard InChI is InChI=1S/C13H16N4O3S2/c1-8(2)17-7-15-16-13(17)21-6-11(18)14-5-9-3-4-10(22-9)12(19)20/h3-4,7-8H,5-6H2,1-2H3,(H,14,18)(H,19,20). The van der Waals surface area contributed by atoms with Crippen LogP contribution in [0.25, 0.3) is 0 Å². The molecule has 0 aromatic carbocycles. The van der Waals surface area contributed by atoms with E-state index in [0.29, 0.717) is 11.7 Å². The van der Waals surface area contributed by atoms with E-state index in [1.54, 1.807) is 12.4 Å². The van der Waals surface area contributed by atoms with E-state index in [0.717, 1.165) is 16.2 Å². The molecule has 0 bridgehead atoms. The summed E-state index contributed by atoms with van der Waals surface area (Å²) >= 11 is 2.48. The normalized spacial score (nSPS) is 10.9. The summed E-state index contributed by atoms with van der Waals surface area (Å²) in [7, 11) is 0. The Labute approximate surface area is 135 Å². The zero-order chi connectivity index (χ0) is 16.1. The van der Waals surface area contributed by atoms with Gasteiger partial charge in [-0.05, 0) is 26.0 Å². The SMILES string of the molecule is CC(C)n1cnnc1SCC(=O)NCc1ccc(C(=O)O)s1. The van der Waals surface area contributed by atoms with Crippen molar-refractivity contribution in [2.45, 2.75) is 31.6 Å². The lowest BCUT2D eigenvalue weighted by molar-refractivity contribution is -0.118. The molecule has 2 aromatic rings. The number of nitrogens with zero attached hydrogens (tertiary/aromatic N) is 3. The minimum atomic E-state index is -0.953. The van der Waals surface area contributed by atoms with Crippen LogP contribution in [-0.4, -0.2) is 37.5 Å². The fraction of sp³-hybridized carbons (Fsp3) is 0.385. The number of carboxylic acid groups (broad SMARTS) is 1. The zero-order valence-electron chi connectivity index (χ0n) is 12.1. The van der Waals surface area contributed by atoms with Gasteiger partial charge in [-0.25, -0.2) is 4.79 Å². The molecule has 22 heavy (non-hydrogen) atoms. The van der Waals surface area contributed by atoms with E-state index in [4.69, 9.17) is 5.11 Å². The summed E-state index contributed by atoms with van der Waals surface area (Å²) < 4.78 is 1.90. The summed E-state index contributed by atoms with van der Waals surface area (Å²) in [6, 6.07) is 3.48. The minimum absolute atomic E-state index is 0.131. The van der Waals surface area contributed by atoms with Crippen LogP contribution < -0.4 is 5.32 Å². The van der Waals surface area contributed by atoms with Crippen molar-refractivity contribution in [1.82, 2.24) is 20.1 Å². The van der Waals surface area contributed by atoms with Crippen molar-refractivity contribution >= 4 is 35.0 Å². The average molecular weight is 340 g/mol. The number of carbonyl (C=O) groups excluding carboxylic acids is 1.